The second kappa shape index (κ2) is 4.86. The van der Waals surface area contributed by atoms with Crippen molar-refractivity contribution in [2.24, 2.45) is 0 Å². The Morgan fingerprint density at radius 3 is 2.19 bits per heavy atom. The minimum Gasteiger partial charge on any atom is -0.479 e. The molecule has 0 aliphatic carbocycles. The molecule has 0 spiro atoms. The molecule has 106 valence electrons. The smallest absolute Gasteiger partial charge is 0.340 e. The molecule has 3 nitrogen and oxygen atoms in total. The maximum absolute atomic E-state index is 11.7. The molecule has 21 heavy (non-hydrogen) atoms. The van der Waals surface area contributed by atoms with Gasteiger partial charge in [-0.05, 0) is 34.5 Å². The number of fused-ring (bicyclic) bond motifs is 3. The molecule has 3 aromatic carbocycles. The molecule has 0 fully saturated rings. The van der Waals surface area contributed by atoms with Crippen molar-refractivity contribution < 1.29 is 14.6 Å². The largest absolute Gasteiger partial charge is 0.479 e. The number of methoxy groups -OCH3 is 1. The van der Waals surface area contributed by atoms with Crippen LogP contribution in [0.3, 0.4) is 0 Å². The third-order valence-electron chi connectivity index (χ3n) is 4.10. The van der Waals surface area contributed by atoms with Crippen LogP contribution in [0, 0.1) is 0 Å². The van der Waals surface area contributed by atoms with Gasteiger partial charge in [-0.3, -0.25) is 0 Å². The van der Waals surface area contributed by atoms with Crippen LogP contribution < -0.4 is 0 Å². The van der Waals surface area contributed by atoms with Crippen LogP contribution in [0.25, 0.3) is 21.5 Å². The van der Waals surface area contributed by atoms with Gasteiger partial charge in [-0.2, -0.15) is 0 Å². The Labute approximate surface area is 122 Å². The van der Waals surface area contributed by atoms with Crippen LogP contribution in [-0.2, 0) is 15.1 Å². The summed E-state index contributed by atoms with van der Waals surface area (Å²) in [6.07, 6.45) is 0. The summed E-state index contributed by atoms with van der Waals surface area (Å²) in [6.45, 7) is 1.59. The van der Waals surface area contributed by atoms with E-state index in [-0.39, 0.29) is 0 Å². The van der Waals surface area contributed by atoms with E-state index in [0.29, 0.717) is 5.56 Å². The Morgan fingerprint density at radius 1 is 1.00 bits per heavy atom. The number of hydrogen-bond donors (Lipinski definition) is 1. The van der Waals surface area contributed by atoms with Crippen molar-refractivity contribution in [2.45, 2.75) is 12.5 Å². The van der Waals surface area contributed by atoms with Crippen molar-refractivity contribution in [3.8, 4) is 0 Å². The fourth-order valence-electron chi connectivity index (χ4n) is 2.76. The molecular weight excluding hydrogens is 264 g/mol. The van der Waals surface area contributed by atoms with E-state index in [0.717, 1.165) is 21.5 Å². The zero-order valence-electron chi connectivity index (χ0n) is 12.0. The zero-order valence-corrected chi connectivity index (χ0v) is 12.0. The Kier molecular flexibility index (Phi) is 3.15. The number of carboxylic acid groups (broad SMARTS) is 1. The second-order valence-corrected chi connectivity index (χ2v) is 5.23. The van der Waals surface area contributed by atoms with Crippen LogP contribution >= 0.6 is 0 Å². The Balaban J connectivity index is 2.49. The number of carbonyl (C=O) groups is 1. The first-order chi connectivity index (χ1) is 10.1. The third kappa shape index (κ3) is 1.98. The summed E-state index contributed by atoms with van der Waals surface area (Å²) in [5, 5.41) is 13.7. The molecule has 3 aromatic rings. The Bertz CT molecular complexity index is 838. The van der Waals surface area contributed by atoms with Gasteiger partial charge in [0.15, 0.2) is 5.60 Å². The van der Waals surface area contributed by atoms with Gasteiger partial charge in [0.25, 0.3) is 0 Å². The molecule has 1 N–H and O–H groups in total. The topological polar surface area (TPSA) is 46.5 Å². The number of rotatable bonds is 3. The van der Waals surface area contributed by atoms with Gasteiger partial charge in [0.2, 0.25) is 0 Å². The van der Waals surface area contributed by atoms with E-state index in [4.69, 9.17) is 4.74 Å². The van der Waals surface area contributed by atoms with E-state index in [9.17, 15) is 9.90 Å². The van der Waals surface area contributed by atoms with E-state index in [1.54, 1.807) is 6.92 Å². The molecule has 3 rings (SSSR count). The molecule has 0 unspecified atom stereocenters. The fraction of sp³-hybridized carbons (Fsp3) is 0.167. The summed E-state index contributed by atoms with van der Waals surface area (Å²) in [5.74, 6) is -0.995. The summed E-state index contributed by atoms with van der Waals surface area (Å²) in [4.78, 5) is 11.7. The van der Waals surface area contributed by atoms with Gasteiger partial charge in [-0.25, -0.2) is 4.79 Å². The maximum atomic E-state index is 11.7. The summed E-state index contributed by atoms with van der Waals surface area (Å²) in [5.41, 5.74) is -0.698. The monoisotopic (exact) mass is 280 g/mol. The number of ether oxygens (including phenoxy) is 1. The van der Waals surface area contributed by atoms with Crippen LogP contribution in [-0.4, -0.2) is 18.2 Å². The highest BCUT2D eigenvalue weighted by atomic mass is 16.5. The Hall–Kier alpha value is -2.39. The first-order valence-corrected chi connectivity index (χ1v) is 6.77. The SMILES string of the molecule is CO[C@@](C)(C(=O)O)c1cc2ccccc2c2ccccc12. The fourth-order valence-corrected chi connectivity index (χ4v) is 2.76. The third-order valence-corrected chi connectivity index (χ3v) is 4.10. The molecule has 0 aliphatic heterocycles. The van der Waals surface area contributed by atoms with Gasteiger partial charge in [-0.1, -0.05) is 48.5 Å². The quantitative estimate of drug-likeness (QED) is 0.739. The van der Waals surface area contributed by atoms with Crippen molar-refractivity contribution in [1.82, 2.24) is 0 Å². The molecule has 0 amide bonds. The Morgan fingerprint density at radius 2 is 1.57 bits per heavy atom. The molecule has 0 saturated heterocycles. The van der Waals surface area contributed by atoms with Crippen molar-refractivity contribution in [3.05, 3.63) is 60.2 Å². The van der Waals surface area contributed by atoms with Crippen molar-refractivity contribution in [2.75, 3.05) is 7.11 Å². The van der Waals surface area contributed by atoms with Gasteiger partial charge in [0, 0.05) is 12.7 Å². The van der Waals surface area contributed by atoms with Gasteiger partial charge >= 0.3 is 5.97 Å². The molecule has 0 saturated carbocycles. The molecule has 0 radical (unpaired) electrons. The summed E-state index contributed by atoms with van der Waals surface area (Å²) >= 11 is 0. The summed E-state index contributed by atoms with van der Waals surface area (Å²) < 4.78 is 5.34. The predicted octanol–water partition coefficient (Wildman–Crippen LogP) is 3.94. The van der Waals surface area contributed by atoms with E-state index in [1.165, 1.54) is 7.11 Å². The van der Waals surface area contributed by atoms with Crippen molar-refractivity contribution in [1.29, 1.82) is 0 Å². The van der Waals surface area contributed by atoms with Crippen LogP contribution in [0.2, 0.25) is 0 Å². The molecular formula is C18H16O3. The number of aliphatic carboxylic acids is 1. The van der Waals surface area contributed by atoms with Crippen molar-refractivity contribution in [3.63, 3.8) is 0 Å². The van der Waals surface area contributed by atoms with Gasteiger partial charge in [0.1, 0.15) is 0 Å². The number of carboxylic acids is 1. The van der Waals surface area contributed by atoms with Crippen LogP contribution in [0.4, 0.5) is 0 Å². The average Bonchev–Trinajstić information content (AvgIpc) is 2.53. The molecule has 0 aliphatic rings. The summed E-state index contributed by atoms with van der Waals surface area (Å²) in [6, 6.07) is 17.7. The standard InChI is InChI=1S/C18H16O3/c1-18(21-2,17(19)20)16-11-12-7-3-4-8-13(12)14-9-5-6-10-15(14)16/h3-11H,1-2H3,(H,19,20)/t18-/m1/s1. The van der Waals surface area contributed by atoms with Gasteiger partial charge in [0.05, 0.1) is 0 Å². The lowest BCUT2D eigenvalue weighted by atomic mass is 9.87. The average molecular weight is 280 g/mol. The van der Waals surface area contributed by atoms with E-state index in [2.05, 4.69) is 0 Å². The second-order valence-electron chi connectivity index (χ2n) is 5.23. The normalized spacial score (nSPS) is 14.2. The molecule has 1 atom stereocenters. The molecule has 3 heteroatoms. The van der Waals surface area contributed by atoms with Gasteiger partial charge < -0.3 is 9.84 Å². The van der Waals surface area contributed by atoms with Crippen molar-refractivity contribution >= 4 is 27.5 Å². The van der Waals surface area contributed by atoms with E-state index in [1.807, 2.05) is 54.6 Å². The highest BCUT2D eigenvalue weighted by Crippen LogP contribution is 2.36. The highest BCUT2D eigenvalue weighted by molar-refractivity contribution is 6.10. The lowest BCUT2D eigenvalue weighted by molar-refractivity contribution is -0.161. The molecule has 0 aromatic heterocycles. The first-order valence-electron chi connectivity index (χ1n) is 6.77. The van der Waals surface area contributed by atoms with Crippen LogP contribution in [0.5, 0.6) is 0 Å². The lowest BCUT2D eigenvalue weighted by Gasteiger charge is -2.26. The minimum absolute atomic E-state index is 0.673. The first kappa shape index (κ1) is 13.6. The summed E-state index contributed by atoms with van der Waals surface area (Å²) in [7, 11) is 1.43. The van der Waals surface area contributed by atoms with Gasteiger partial charge in [-0.15, -0.1) is 0 Å². The molecule has 0 bridgehead atoms. The van der Waals surface area contributed by atoms with Crippen LogP contribution in [0.1, 0.15) is 12.5 Å². The predicted molar refractivity (Wildman–Crippen MR) is 83.5 cm³/mol. The number of benzene rings is 3. The highest BCUT2D eigenvalue weighted by Gasteiger charge is 2.36. The van der Waals surface area contributed by atoms with E-state index < -0.39 is 11.6 Å². The maximum Gasteiger partial charge on any atom is 0.340 e. The molecule has 0 heterocycles. The van der Waals surface area contributed by atoms with E-state index >= 15 is 0 Å². The zero-order chi connectivity index (χ0) is 15.0. The van der Waals surface area contributed by atoms with Crippen LogP contribution in [0.15, 0.2) is 54.6 Å². The lowest BCUT2D eigenvalue weighted by Crippen LogP contribution is -2.34. The number of hydrogen-bond acceptors (Lipinski definition) is 2. The minimum atomic E-state index is -1.37.